The highest BCUT2D eigenvalue weighted by atomic mass is 79.9. The molecule has 0 fully saturated rings. The largest absolute Gasteiger partial charge is 0.454 e. The molecular formula is C11H9BrClF5. The average Bonchev–Trinajstić information content (AvgIpc) is 2.20. The monoisotopic (exact) mass is 350 g/mol. The van der Waals surface area contributed by atoms with Gasteiger partial charge in [-0.1, -0.05) is 33.6 Å². The van der Waals surface area contributed by atoms with E-state index >= 15 is 0 Å². The summed E-state index contributed by atoms with van der Waals surface area (Å²) in [5.74, 6) is -4.85. The summed E-state index contributed by atoms with van der Waals surface area (Å²) in [7, 11) is 0. The smallest absolute Gasteiger partial charge is 0.195 e. The van der Waals surface area contributed by atoms with E-state index in [1.807, 2.05) is 0 Å². The average molecular weight is 352 g/mol. The van der Waals surface area contributed by atoms with Crippen LogP contribution < -0.4 is 0 Å². The summed E-state index contributed by atoms with van der Waals surface area (Å²) >= 11 is 8.21. The molecule has 0 amide bonds. The minimum absolute atomic E-state index is 0.126. The minimum Gasteiger partial charge on any atom is -0.195 e. The fourth-order valence-electron chi connectivity index (χ4n) is 1.42. The molecule has 0 aliphatic rings. The van der Waals surface area contributed by atoms with Crippen molar-refractivity contribution in [3.63, 3.8) is 0 Å². The van der Waals surface area contributed by atoms with Crippen molar-refractivity contribution in [2.45, 2.75) is 30.8 Å². The molecule has 1 aromatic carbocycles. The highest BCUT2D eigenvalue weighted by Gasteiger charge is 2.62. The third kappa shape index (κ3) is 2.79. The molecule has 0 saturated carbocycles. The Morgan fingerprint density at radius 2 is 1.56 bits per heavy atom. The van der Waals surface area contributed by atoms with Crippen LogP contribution in [0.4, 0.5) is 22.0 Å². The zero-order valence-electron chi connectivity index (χ0n) is 9.38. The Morgan fingerprint density at radius 1 is 1.06 bits per heavy atom. The third-order valence-corrected chi connectivity index (χ3v) is 3.99. The molecule has 0 bridgehead atoms. The Morgan fingerprint density at radius 3 is 2.00 bits per heavy atom. The lowest BCUT2D eigenvalue weighted by Gasteiger charge is -2.26. The van der Waals surface area contributed by atoms with E-state index in [1.165, 1.54) is 26.0 Å². The van der Waals surface area contributed by atoms with Gasteiger partial charge in [-0.25, -0.2) is 0 Å². The Balaban J connectivity index is 3.27. The molecule has 0 saturated heterocycles. The number of aryl methyl sites for hydroxylation is 2. The maximum atomic E-state index is 13.2. The van der Waals surface area contributed by atoms with Crippen molar-refractivity contribution in [3.8, 4) is 0 Å². The zero-order valence-corrected chi connectivity index (χ0v) is 11.7. The van der Waals surface area contributed by atoms with E-state index in [4.69, 9.17) is 11.6 Å². The summed E-state index contributed by atoms with van der Waals surface area (Å²) < 4.78 is 63.3. The Hall–Kier alpha value is -0.360. The number of halogens is 7. The number of hydrogen-bond acceptors (Lipinski definition) is 0. The highest BCUT2D eigenvalue weighted by Crippen LogP contribution is 2.49. The van der Waals surface area contributed by atoms with Crippen LogP contribution >= 0.6 is 27.5 Å². The van der Waals surface area contributed by atoms with Crippen LogP contribution in [0.3, 0.4) is 0 Å². The molecule has 1 atom stereocenters. The van der Waals surface area contributed by atoms with E-state index in [0.29, 0.717) is 10.6 Å². The van der Waals surface area contributed by atoms with Crippen LogP contribution in [-0.4, -0.2) is 12.1 Å². The van der Waals surface area contributed by atoms with Crippen molar-refractivity contribution >= 4 is 27.5 Å². The van der Waals surface area contributed by atoms with E-state index in [1.54, 1.807) is 0 Å². The molecule has 1 rings (SSSR count). The van der Waals surface area contributed by atoms with Crippen molar-refractivity contribution in [2.24, 2.45) is 0 Å². The summed E-state index contributed by atoms with van der Waals surface area (Å²) in [5.41, 5.74) is 0.593. The number of benzene rings is 1. The van der Waals surface area contributed by atoms with Crippen molar-refractivity contribution < 1.29 is 22.0 Å². The highest BCUT2D eigenvalue weighted by molar-refractivity contribution is 9.09. The summed E-state index contributed by atoms with van der Waals surface area (Å²) in [6, 6.07) is 2.60. The van der Waals surface area contributed by atoms with Gasteiger partial charge in [0.15, 0.2) is 0 Å². The van der Waals surface area contributed by atoms with Crippen LogP contribution in [0.25, 0.3) is 0 Å². The first-order chi connectivity index (χ1) is 7.98. The predicted molar refractivity (Wildman–Crippen MR) is 63.6 cm³/mol. The second-order valence-electron chi connectivity index (χ2n) is 3.94. The molecule has 7 heteroatoms. The van der Waals surface area contributed by atoms with Crippen LogP contribution in [0.15, 0.2) is 12.1 Å². The molecule has 0 N–H and O–H groups in total. The molecule has 0 nitrogen and oxygen atoms in total. The van der Waals surface area contributed by atoms with Gasteiger partial charge in [0.25, 0.3) is 0 Å². The first-order valence-electron chi connectivity index (χ1n) is 4.83. The Kier molecular flexibility index (Phi) is 4.33. The normalized spacial score (nSPS) is 14.7. The van der Waals surface area contributed by atoms with Gasteiger partial charge < -0.3 is 0 Å². The second kappa shape index (κ2) is 4.96. The zero-order chi connectivity index (χ0) is 14.3. The molecule has 0 aromatic heterocycles. The van der Waals surface area contributed by atoms with Gasteiger partial charge in [0, 0.05) is 5.02 Å². The second-order valence-corrected chi connectivity index (χ2v) is 5.26. The predicted octanol–water partition coefficient (Wildman–Crippen LogP) is 5.59. The van der Waals surface area contributed by atoms with Crippen molar-refractivity contribution in [1.82, 2.24) is 0 Å². The molecule has 0 spiro atoms. The lowest BCUT2D eigenvalue weighted by Crippen LogP contribution is -2.40. The van der Waals surface area contributed by atoms with Gasteiger partial charge in [0.05, 0.1) is 0 Å². The standard InChI is InChI=1S/C11H9BrClF5/c1-5-4-8(13)6(2)3-7(5)9(12)10(14,15)11(16,17)18/h3-4,9H,1-2H3. The van der Waals surface area contributed by atoms with Crippen LogP contribution in [-0.2, 0) is 0 Å². The van der Waals surface area contributed by atoms with E-state index < -0.39 is 16.9 Å². The molecule has 18 heavy (non-hydrogen) atoms. The molecular weight excluding hydrogens is 342 g/mol. The number of alkyl halides is 6. The molecule has 0 heterocycles. The molecule has 1 unspecified atom stereocenters. The fraction of sp³-hybridized carbons (Fsp3) is 0.455. The fourth-order valence-corrected chi connectivity index (χ4v) is 2.39. The van der Waals surface area contributed by atoms with Crippen molar-refractivity contribution in [3.05, 3.63) is 33.8 Å². The van der Waals surface area contributed by atoms with Crippen LogP contribution in [0.1, 0.15) is 21.5 Å². The van der Waals surface area contributed by atoms with Gasteiger partial charge in [-0.3, -0.25) is 0 Å². The summed E-state index contributed by atoms with van der Waals surface area (Å²) in [5, 5.41) is 0.325. The Bertz CT molecular complexity index is 455. The van der Waals surface area contributed by atoms with Crippen molar-refractivity contribution in [1.29, 1.82) is 0 Å². The van der Waals surface area contributed by atoms with Gasteiger partial charge >= 0.3 is 12.1 Å². The van der Waals surface area contributed by atoms with Gasteiger partial charge in [0.2, 0.25) is 0 Å². The summed E-state index contributed by atoms with van der Waals surface area (Å²) in [6.07, 6.45) is -5.61. The molecule has 1 aromatic rings. The SMILES string of the molecule is Cc1cc(C(Br)C(F)(F)C(F)(F)F)c(C)cc1Cl. The van der Waals surface area contributed by atoms with Gasteiger partial charge in [-0.15, -0.1) is 0 Å². The lowest BCUT2D eigenvalue weighted by atomic mass is 9.99. The summed E-state index contributed by atoms with van der Waals surface area (Å²) in [4.78, 5) is -2.14. The van der Waals surface area contributed by atoms with E-state index in [2.05, 4.69) is 15.9 Å². The topological polar surface area (TPSA) is 0 Å². The summed E-state index contributed by atoms with van der Waals surface area (Å²) in [6.45, 7) is 2.97. The first-order valence-corrected chi connectivity index (χ1v) is 6.13. The first kappa shape index (κ1) is 15.7. The molecule has 0 aliphatic carbocycles. The van der Waals surface area contributed by atoms with Crippen LogP contribution in [0.5, 0.6) is 0 Å². The van der Waals surface area contributed by atoms with E-state index in [-0.39, 0.29) is 11.1 Å². The maximum Gasteiger partial charge on any atom is 0.454 e. The van der Waals surface area contributed by atoms with Gasteiger partial charge in [-0.05, 0) is 36.6 Å². The Labute approximate surface area is 114 Å². The quantitative estimate of drug-likeness (QED) is 0.481. The third-order valence-electron chi connectivity index (χ3n) is 2.52. The van der Waals surface area contributed by atoms with E-state index in [0.717, 1.165) is 0 Å². The number of hydrogen-bond donors (Lipinski definition) is 0. The molecule has 0 radical (unpaired) electrons. The molecule has 102 valence electrons. The van der Waals surface area contributed by atoms with Gasteiger partial charge in [0.1, 0.15) is 4.83 Å². The van der Waals surface area contributed by atoms with Crippen molar-refractivity contribution in [2.75, 3.05) is 0 Å². The lowest BCUT2D eigenvalue weighted by molar-refractivity contribution is -0.281. The number of rotatable bonds is 2. The van der Waals surface area contributed by atoms with Crippen LogP contribution in [0, 0.1) is 13.8 Å². The van der Waals surface area contributed by atoms with E-state index in [9.17, 15) is 22.0 Å². The maximum absolute atomic E-state index is 13.2. The van der Waals surface area contributed by atoms with Crippen LogP contribution in [0.2, 0.25) is 5.02 Å². The van der Waals surface area contributed by atoms with Gasteiger partial charge in [-0.2, -0.15) is 22.0 Å². The molecule has 0 aliphatic heterocycles. The minimum atomic E-state index is -5.61.